The summed E-state index contributed by atoms with van der Waals surface area (Å²) in [5, 5.41) is 6.85. The van der Waals surface area contributed by atoms with Crippen LogP contribution in [0.4, 0.5) is 0 Å². The smallest absolute Gasteiger partial charge is 0.136 e. The molecule has 0 aliphatic heterocycles. The monoisotopic (exact) mass is 767 g/mol. The average Bonchev–Trinajstić information content (AvgIpc) is 4.03. The number of furan rings is 2. The van der Waals surface area contributed by atoms with Crippen LogP contribution in [-0.2, 0) is 5.41 Å². The van der Waals surface area contributed by atoms with Crippen LogP contribution in [0.25, 0.3) is 116 Å². The summed E-state index contributed by atoms with van der Waals surface area (Å²) in [5.74, 6) is 0. The lowest BCUT2D eigenvalue weighted by Gasteiger charge is -2.21. The van der Waals surface area contributed by atoms with Gasteiger partial charge in [-0.25, -0.2) is 0 Å². The van der Waals surface area contributed by atoms with E-state index in [1.165, 1.54) is 44.2 Å². The quantitative estimate of drug-likeness (QED) is 0.179. The number of para-hydroxylation sites is 3. The maximum Gasteiger partial charge on any atom is 0.136 e. The number of rotatable bonds is 4. The number of nitrogens with zero attached hydrogens (tertiary/aromatic N) is 1. The zero-order valence-corrected chi connectivity index (χ0v) is 33.2. The molecule has 0 radical (unpaired) electrons. The van der Waals surface area contributed by atoms with Crippen molar-refractivity contribution in [2.45, 2.75) is 19.3 Å². The van der Waals surface area contributed by atoms with E-state index in [4.69, 9.17) is 8.83 Å². The van der Waals surface area contributed by atoms with Gasteiger partial charge in [0, 0.05) is 49.0 Å². The zero-order chi connectivity index (χ0) is 39.7. The van der Waals surface area contributed by atoms with Crippen LogP contribution in [0.15, 0.2) is 197 Å². The molecule has 9 aromatic carbocycles. The van der Waals surface area contributed by atoms with Gasteiger partial charge in [-0.2, -0.15) is 0 Å². The minimum atomic E-state index is -0.0876. The molecule has 60 heavy (non-hydrogen) atoms. The van der Waals surface area contributed by atoms with Gasteiger partial charge in [0.1, 0.15) is 22.3 Å². The fourth-order valence-corrected chi connectivity index (χ4v) is 10.5. The van der Waals surface area contributed by atoms with Crippen LogP contribution in [0.2, 0.25) is 0 Å². The number of fused-ring (bicyclic) bond motifs is 12. The molecular weight excluding hydrogens is 731 g/mol. The van der Waals surface area contributed by atoms with Gasteiger partial charge in [0.15, 0.2) is 0 Å². The molecule has 0 spiro atoms. The molecule has 0 fully saturated rings. The van der Waals surface area contributed by atoms with Crippen molar-refractivity contribution in [3.63, 3.8) is 0 Å². The van der Waals surface area contributed by atoms with Gasteiger partial charge in [0.25, 0.3) is 0 Å². The second-order valence-corrected chi connectivity index (χ2v) is 16.8. The van der Waals surface area contributed by atoms with Gasteiger partial charge < -0.3 is 13.4 Å². The van der Waals surface area contributed by atoms with Crippen LogP contribution < -0.4 is 0 Å². The van der Waals surface area contributed by atoms with Crippen molar-refractivity contribution in [3.05, 3.63) is 199 Å². The van der Waals surface area contributed by atoms with Gasteiger partial charge in [-0.05, 0) is 111 Å². The molecule has 0 amide bonds. The van der Waals surface area contributed by atoms with E-state index in [2.05, 4.69) is 194 Å². The van der Waals surface area contributed by atoms with Crippen molar-refractivity contribution in [3.8, 4) is 50.2 Å². The molecule has 3 nitrogen and oxygen atoms in total. The van der Waals surface area contributed by atoms with Gasteiger partial charge in [-0.15, -0.1) is 0 Å². The third kappa shape index (κ3) is 4.55. The molecule has 0 atom stereocenters. The van der Waals surface area contributed by atoms with Crippen molar-refractivity contribution < 1.29 is 8.83 Å². The van der Waals surface area contributed by atoms with E-state index < -0.39 is 0 Å². The molecule has 0 unspecified atom stereocenters. The predicted molar refractivity (Wildman–Crippen MR) is 249 cm³/mol. The lowest BCUT2D eigenvalue weighted by Crippen LogP contribution is -2.14. The molecule has 0 N–H and O–H groups in total. The Morgan fingerprint density at radius 1 is 0.383 bits per heavy atom. The second-order valence-electron chi connectivity index (χ2n) is 16.8. The Balaban J connectivity index is 1.19. The van der Waals surface area contributed by atoms with E-state index in [0.29, 0.717) is 0 Å². The highest BCUT2D eigenvalue weighted by molar-refractivity contribution is 6.22. The van der Waals surface area contributed by atoms with Crippen LogP contribution in [0, 0.1) is 0 Å². The topological polar surface area (TPSA) is 31.2 Å². The zero-order valence-electron chi connectivity index (χ0n) is 33.2. The molecule has 1 aliphatic carbocycles. The van der Waals surface area contributed by atoms with Crippen LogP contribution >= 0.6 is 0 Å². The van der Waals surface area contributed by atoms with Crippen molar-refractivity contribution in [1.82, 2.24) is 4.57 Å². The van der Waals surface area contributed by atoms with Crippen LogP contribution in [0.1, 0.15) is 25.0 Å². The van der Waals surface area contributed by atoms with E-state index in [-0.39, 0.29) is 5.41 Å². The SMILES string of the molecule is CC1(C)c2ccccc2-c2c(-c3ccc4c(c3)c3cc(-c5cccc6oc7ccccc7c56)cc(-c5cccc6oc7ccccc7c56)c3n4-c3ccccc3)cccc21. The standard InChI is InChI=1S/C57H37NO2/c1-57(2)46-23-9-6-17-40(46)53-37(20-12-24-47(53)57)34-29-30-48-43(31-34)45-33-35(38-21-13-27-51-54(38)41-18-7-10-25-49(41)59-51)32-44(56(45)58(48)36-15-4-3-5-16-36)39-22-14-28-52-55(39)42-19-8-11-26-50(42)60-52/h3-33H,1-2H3. The molecule has 12 aromatic rings. The fourth-order valence-electron chi connectivity index (χ4n) is 10.5. The molecule has 1 aliphatic rings. The summed E-state index contributed by atoms with van der Waals surface area (Å²) in [7, 11) is 0. The highest BCUT2D eigenvalue weighted by atomic mass is 16.3. The van der Waals surface area contributed by atoms with Gasteiger partial charge >= 0.3 is 0 Å². The molecular formula is C57H37NO2. The van der Waals surface area contributed by atoms with Gasteiger partial charge in [-0.1, -0.05) is 141 Å². The summed E-state index contributed by atoms with van der Waals surface area (Å²) in [4.78, 5) is 0. The molecule has 13 rings (SSSR count). The lowest BCUT2D eigenvalue weighted by atomic mass is 9.82. The number of aromatic nitrogens is 1. The molecule has 0 saturated heterocycles. The Labute approximate surface area is 346 Å². The Morgan fingerprint density at radius 2 is 0.950 bits per heavy atom. The third-order valence-corrected chi connectivity index (χ3v) is 13.2. The maximum absolute atomic E-state index is 6.53. The van der Waals surface area contributed by atoms with Crippen LogP contribution in [-0.4, -0.2) is 4.57 Å². The predicted octanol–water partition coefficient (Wildman–Crippen LogP) is 15.9. The van der Waals surface area contributed by atoms with E-state index in [9.17, 15) is 0 Å². The van der Waals surface area contributed by atoms with Gasteiger partial charge in [-0.3, -0.25) is 0 Å². The summed E-state index contributed by atoms with van der Waals surface area (Å²) >= 11 is 0. The van der Waals surface area contributed by atoms with Crippen molar-refractivity contribution in [2.24, 2.45) is 0 Å². The maximum atomic E-state index is 6.53. The minimum absolute atomic E-state index is 0.0876. The first-order chi connectivity index (χ1) is 29.5. The summed E-state index contributed by atoms with van der Waals surface area (Å²) in [6, 6.07) is 68.3. The van der Waals surface area contributed by atoms with Gasteiger partial charge in [0.05, 0.1) is 11.0 Å². The van der Waals surface area contributed by atoms with Crippen molar-refractivity contribution in [1.29, 1.82) is 0 Å². The summed E-state index contributed by atoms with van der Waals surface area (Å²) in [5.41, 5.74) is 19.3. The van der Waals surface area contributed by atoms with E-state index in [0.717, 1.165) is 82.9 Å². The fraction of sp³-hybridized carbons (Fsp3) is 0.0526. The van der Waals surface area contributed by atoms with Crippen molar-refractivity contribution in [2.75, 3.05) is 0 Å². The van der Waals surface area contributed by atoms with Crippen molar-refractivity contribution >= 4 is 65.7 Å². The summed E-state index contributed by atoms with van der Waals surface area (Å²) in [6.45, 7) is 4.71. The largest absolute Gasteiger partial charge is 0.456 e. The highest BCUT2D eigenvalue weighted by Crippen LogP contribution is 2.53. The molecule has 3 aromatic heterocycles. The molecule has 282 valence electrons. The summed E-state index contributed by atoms with van der Waals surface area (Å²) < 4.78 is 15.5. The first-order valence-electron chi connectivity index (χ1n) is 20.8. The minimum Gasteiger partial charge on any atom is -0.456 e. The Bertz CT molecular complexity index is 3740. The number of hydrogen-bond acceptors (Lipinski definition) is 2. The lowest BCUT2D eigenvalue weighted by molar-refractivity contribution is 0.660. The summed E-state index contributed by atoms with van der Waals surface area (Å²) in [6.07, 6.45) is 0. The molecule has 3 heteroatoms. The normalized spacial score (nSPS) is 13.3. The van der Waals surface area contributed by atoms with E-state index >= 15 is 0 Å². The average molecular weight is 768 g/mol. The Kier molecular flexibility index (Phi) is 6.78. The molecule has 0 bridgehead atoms. The van der Waals surface area contributed by atoms with Crippen LogP contribution in [0.5, 0.6) is 0 Å². The Hall–Kier alpha value is -7.62. The first kappa shape index (κ1) is 33.4. The highest BCUT2D eigenvalue weighted by Gasteiger charge is 2.36. The van der Waals surface area contributed by atoms with Crippen LogP contribution in [0.3, 0.4) is 0 Å². The van der Waals surface area contributed by atoms with E-state index in [1.807, 2.05) is 12.1 Å². The van der Waals surface area contributed by atoms with E-state index in [1.54, 1.807) is 0 Å². The molecule has 0 saturated carbocycles. The molecule has 3 heterocycles. The van der Waals surface area contributed by atoms with Gasteiger partial charge in [0.2, 0.25) is 0 Å². The number of benzene rings is 9. The number of hydrogen-bond donors (Lipinski definition) is 0. The first-order valence-corrected chi connectivity index (χ1v) is 20.8. The third-order valence-electron chi connectivity index (χ3n) is 13.2. The Morgan fingerprint density at radius 3 is 1.72 bits per heavy atom. The second kappa shape index (κ2) is 12.2.